The summed E-state index contributed by atoms with van der Waals surface area (Å²) < 4.78 is 0. The zero-order valence-corrected chi connectivity index (χ0v) is 19.8. The van der Waals surface area contributed by atoms with Gasteiger partial charge < -0.3 is 15.5 Å². The van der Waals surface area contributed by atoms with E-state index in [9.17, 15) is 4.79 Å². The Morgan fingerprint density at radius 1 is 0.938 bits per heavy atom. The Bertz CT molecular complexity index is 991. The van der Waals surface area contributed by atoms with E-state index in [0.29, 0.717) is 29.8 Å². The molecule has 0 spiro atoms. The van der Waals surface area contributed by atoms with Gasteiger partial charge in [0.05, 0.1) is 11.1 Å². The van der Waals surface area contributed by atoms with Gasteiger partial charge in [-0.2, -0.15) is 0 Å². The third-order valence-electron chi connectivity index (χ3n) is 5.19. The van der Waals surface area contributed by atoms with E-state index in [0.717, 1.165) is 42.6 Å². The zero-order chi connectivity index (χ0) is 22.9. The van der Waals surface area contributed by atoms with E-state index >= 15 is 0 Å². The second-order valence-corrected chi connectivity index (χ2v) is 9.22. The Balaban J connectivity index is 1.67. The highest BCUT2D eigenvalue weighted by Crippen LogP contribution is 2.23. The van der Waals surface area contributed by atoms with E-state index in [1.54, 1.807) is 0 Å². The number of aromatic nitrogens is 1. The molecule has 1 heterocycles. The van der Waals surface area contributed by atoms with E-state index < -0.39 is 0 Å². The van der Waals surface area contributed by atoms with Gasteiger partial charge in [-0.25, -0.2) is 4.98 Å². The number of amides is 1. The third kappa shape index (κ3) is 7.06. The molecule has 0 bridgehead atoms. The molecule has 0 aliphatic heterocycles. The van der Waals surface area contributed by atoms with Crippen LogP contribution in [0.15, 0.2) is 60.7 Å². The summed E-state index contributed by atoms with van der Waals surface area (Å²) in [6, 6.07) is 19.5. The quantitative estimate of drug-likeness (QED) is 0.381. The first-order valence-corrected chi connectivity index (χ1v) is 11.6. The molecule has 1 aromatic heterocycles. The molecule has 3 aromatic rings. The number of anilines is 2. The number of fused-ring (bicyclic) bond motifs is 1. The van der Waals surface area contributed by atoms with E-state index in [-0.39, 0.29) is 5.91 Å². The van der Waals surface area contributed by atoms with Crippen LogP contribution in [-0.4, -0.2) is 42.0 Å². The van der Waals surface area contributed by atoms with Crippen LogP contribution in [-0.2, 0) is 0 Å². The molecule has 32 heavy (non-hydrogen) atoms. The lowest BCUT2D eigenvalue weighted by molar-refractivity contribution is 0.0952. The zero-order valence-electron chi connectivity index (χ0n) is 19.8. The minimum absolute atomic E-state index is 0.0565. The molecule has 0 atom stereocenters. The van der Waals surface area contributed by atoms with E-state index in [1.165, 1.54) is 0 Å². The van der Waals surface area contributed by atoms with Gasteiger partial charge in [0.2, 0.25) is 0 Å². The Morgan fingerprint density at radius 2 is 1.59 bits per heavy atom. The van der Waals surface area contributed by atoms with Crippen molar-refractivity contribution in [3.8, 4) is 0 Å². The van der Waals surface area contributed by atoms with Crippen molar-refractivity contribution in [2.75, 3.05) is 31.5 Å². The molecular weight excluding hydrogens is 396 g/mol. The van der Waals surface area contributed by atoms with Gasteiger partial charge in [0.15, 0.2) is 0 Å². The first-order chi connectivity index (χ1) is 15.4. The Hall–Kier alpha value is -2.92. The predicted molar refractivity (Wildman–Crippen MR) is 135 cm³/mol. The van der Waals surface area contributed by atoms with Crippen molar-refractivity contribution in [3.63, 3.8) is 0 Å². The maximum absolute atomic E-state index is 13.1. The number of benzene rings is 2. The van der Waals surface area contributed by atoms with Crippen molar-refractivity contribution >= 4 is 28.3 Å². The lowest BCUT2D eigenvalue weighted by Crippen LogP contribution is -2.34. The molecule has 0 fully saturated rings. The number of carbonyl (C=O) groups is 1. The van der Waals surface area contributed by atoms with Gasteiger partial charge in [0.1, 0.15) is 5.82 Å². The lowest BCUT2D eigenvalue weighted by Gasteiger charge is -2.26. The van der Waals surface area contributed by atoms with Gasteiger partial charge in [-0.05, 0) is 49.1 Å². The van der Waals surface area contributed by atoms with Crippen LogP contribution in [0.2, 0.25) is 0 Å². The van der Waals surface area contributed by atoms with Crippen LogP contribution >= 0.6 is 0 Å². The molecule has 0 saturated heterocycles. The third-order valence-corrected chi connectivity index (χ3v) is 5.19. The highest BCUT2D eigenvalue weighted by molar-refractivity contribution is 6.07. The molecule has 1 amide bonds. The van der Waals surface area contributed by atoms with E-state index in [2.05, 4.69) is 43.2 Å². The number of rotatable bonds is 11. The van der Waals surface area contributed by atoms with Gasteiger partial charge >= 0.3 is 0 Å². The molecule has 170 valence electrons. The molecule has 0 radical (unpaired) electrons. The molecule has 2 aromatic carbocycles. The second kappa shape index (κ2) is 11.6. The maximum atomic E-state index is 13.1. The van der Waals surface area contributed by atoms with E-state index in [4.69, 9.17) is 4.98 Å². The average molecular weight is 433 g/mol. The maximum Gasteiger partial charge on any atom is 0.252 e. The normalized spacial score (nSPS) is 11.5. The topological polar surface area (TPSA) is 57.3 Å². The molecule has 5 heteroatoms. The summed E-state index contributed by atoms with van der Waals surface area (Å²) in [5.74, 6) is 1.89. The summed E-state index contributed by atoms with van der Waals surface area (Å²) in [6.45, 7) is 12.9. The van der Waals surface area contributed by atoms with Gasteiger partial charge in [-0.15, -0.1) is 0 Å². The Morgan fingerprint density at radius 3 is 2.28 bits per heavy atom. The fourth-order valence-corrected chi connectivity index (χ4v) is 3.99. The molecule has 0 unspecified atom stereocenters. The Labute approximate surface area is 192 Å². The van der Waals surface area contributed by atoms with Crippen LogP contribution in [0.1, 0.15) is 44.5 Å². The molecule has 0 aliphatic carbocycles. The largest absolute Gasteiger partial charge is 0.352 e. The molecule has 2 N–H and O–H groups in total. The first-order valence-electron chi connectivity index (χ1n) is 11.6. The van der Waals surface area contributed by atoms with Crippen molar-refractivity contribution in [1.29, 1.82) is 0 Å². The number of pyridine rings is 1. The van der Waals surface area contributed by atoms with Crippen LogP contribution in [0.25, 0.3) is 10.9 Å². The second-order valence-electron chi connectivity index (χ2n) is 9.22. The predicted octanol–water partition coefficient (Wildman–Crippen LogP) is 5.71. The summed E-state index contributed by atoms with van der Waals surface area (Å²) in [7, 11) is 0. The van der Waals surface area contributed by atoms with Crippen molar-refractivity contribution < 1.29 is 4.79 Å². The summed E-state index contributed by atoms with van der Waals surface area (Å²) in [4.78, 5) is 20.3. The van der Waals surface area contributed by atoms with E-state index in [1.807, 2.05) is 60.7 Å². The SMILES string of the molecule is CC(C)CN(CCCNC(=O)c1cc(Nc2ccccc2)nc2ccccc12)CC(C)C. The lowest BCUT2D eigenvalue weighted by atomic mass is 10.1. The molecule has 5 nitrogen and oxygen atoms in total. The van der Waals surface area contributed by atoms with Crippen LogP contribution in [0.4, 0.5) is 11.5 Å². The molecule has 0 saturated carbocycles. The standard InChI is InChI=1S/C27H36N4O/c1-20(2)18-31(19-21(3)4)16-10-15-28-27(32)24-17-26(29-22-11-6-5-7-12-22)30-25-14-9-8-13-23(24)25/h5-9,11-14,17,20-21H,10,15-16,18-19H2,1-4H3,(H,28,32)(H,29,30). The van der Waals surface area contributed by atoms with Crippen LogP contribution in [0.5, 0.6) is 0 Å². The molecule has 3 rings (SSSR count). The highest BCUT2D eigenvalue weighted by atomic mass is 16.1. The van der Waals surface area contributed by atoms with Crippen molar-refractivity contribution in [2.45, 2.75) is 34.1 Å². The summed E-state index contributed by atoms with van der Waals surface area (Å²) in [6.07, 6.45) is 0.934. The summed E-state index contributed by atoms with van der Waals surface area (Å²) in [5, 5.41) is 7.30. The molecular formula is C27H36N4O. The smallest absolute Gasteiger partial charge is 0.252 e. The summed E-state index contributed by atoms with van der Waals surface area (Å²) in [5.41, 5.74) is 2.39. The average Bonchev–Trinajstić information content (AvgIpc) is 2.76. The number of hydrogen-bond acceptors (Lipinski definition) is 4. The van der Waals surface area contributed by atoms with Crippen molar-refractivity contribution in [1.82, 2.24) is 15.2 Å². The fourth-order valence-electron chi connectivity index (χ4n) is 3.99. The highest BCUT2D eigenvalue weighted by Gasteiger charge is 2.14. The number of nitrogens with one attached hydrogen (secondary N) is 2. The number of hydrogen-bond donors (Lipinski definition) is 2. The molecule has 0 aliphatic rings. The number of para-hydroxylation sites is 2. The van der Waals surface area contributed by atoms with Gasteiger partial charge in [0.25, 0.3) is 5.91 Å². The van der Waals surface area contributed by atoms with Crippen molar-refractivity contribution in [3.05, 3.63) is 66.2 Å². The summed E-state index contributed by atoms with van der Waals surface area (Å²) >= 11 is 0. The number of carbonyl (C=O) groups excluding carboxylic acids is 1. The van der Waals surface area contributed by atoms with Crippen LogP contribution in [0.3, 0.4) is 0 Å². The van der Waals surface area contributed by atoms with Crippen molar-refractivity contribution in [2.24, 2.45) is 11.8 Å². The van der Waals surface area contributed by atoms with Gasteiger partial charge in [-0.1, -0.05) is 64.1 Å². The minimum atomic E-state index is -0.0565. The van der Waals surface area contributed by atoms with Crippen LogP contribution < -0.4 is 10.6 Å². The monoisotopic (exact) mass is 432 g/mol. The fraction of sp³-hybridized carbons (Fsp3) is 0.407. The number of nitrogens with zero attached hydrogens (tertiary/aromatic N) is 2. The first kappa shape index (κ1) is 23.7. The van der Waals surface area contributed by atoms with Gasteiger partial charge in [-0.3, -0.25) is 4.79 Å². The Kier molecular flexibility index (Phi) is 8.63. The van der Waals surface area contributed by atoms with Gasteiger partial charge in [0, 0.05) is 30.7 Å². The minimum Gasteiger partial charge on any atom is -0.352 e. The van der Waals surface area contributed by atoms with Crippen LogP contribution in [0, 0.1) is 11.8 Å².